The SMILES string of the molecule is Cc1ccc(N2c3cc(F)ccc3CCC2CCc2ccc(C)cc2F)cc1. The van der Waals surface area contributed by atoms with Gasteiger partial charge in [0.25, 0.3) is 0 Å². The van der Waals surface area contributed by atoms with Crippen molar-refractivity contribution in [1.82, 2.24) is 0 Å². The van der Waals surface area contributed by atoms with Crippen molar-refractivity contribution in [2.75, 3.05) is 4.90 Å². The molecule has 3 heteroatoms. The Balaban J connectivity index is 1.66. The smallest absolute Gasteiger partial charge is 0.126 e. The van der Waals surface area contributed by atoms with Gasteiger partial charge in [-0.3, -0.25) is 0 Å². The zero-order valence-corrected chi connectivity index (χ0v) is 16.4. The molecule has 0 saturated heterocycles. The molecule has 1 heterocycles. The summed E-state index contributed by atoms with van der Waals surface area (Å²) in [6, 6.07) is 19.1. The van der Waals surface area contributed by atoms with Crippen LogP contribution in [0.4, 0.5) is 20.2 Å². The van der Waals surface area contributed by atoms with E-state index >= 15 is 0 Å². The predicted molar refractivity (Wildman–Crippen MR) is 111 cm³/mol. The molecule has 28 heavy (non-hydrogen) atoms. The van der Waals surface area contributed by atoms with Crippen LogP contribution < -0.4 is 4.90 Å². The van der Waals surface area contributed by atoms with Crippen LogP contribution in [-0.2, 0) is 12.8 Å². The van der Waals surface area contributed by atoms with E-state index in [0.29, 0.717) is 6.42 Å². The van der Waals surface area contributed by atoms with E-state index in [1.165, 1.54) is 17.2 Å². The summed E-state index contributed by atoms with van der Waals surface area (Å²) >= 11 is 0. The number of hydrogen-bond donors (Lipinski definition) is 0. The number of hydrogen-bond acceptors (Lipinski definition) is 1. The lowest BCUT2D eigenvalue weighted by Gasteiger charge is -2.39. The highest BCUT2D eigenvalue weighted by Crippen LogP contribution is 2.39. The van der Waals surface area contributed by atoms with Gasteiger partial charge in [-0.05, 0) is 86.6 Å². The minimum Gasteiger partial charge on any atom is -0.338 e. The van der Waals surface area contributed by atoms with E-state index in [4.69, 9.17) is 0 Å². The number of fused-ring (bicyclic) bond motifs is 1. The molecule has 0 spiro atoms. The summed E-state index contributed by atoms with van der Waals surface area (Å²) in [6.45, 7) is 3.96. The highest BCUT2D eigenvalue weighted by molar-refractivity contribution is 5.69. The van der Waals surface area contributed by atoms with E-state index in [0.717, 1.165) is 41.8 Å². The van der Waals surface area contributed by atoms with Crippen LogP contribution in [0.2, 0.25) is 0 Å². The molecule has 0 aliphatic carbocycles. The summed E-state index contributed by atoms with van der Waals surface area (Å²) in [6.07, 6.45) is 3.38. The summed E-state index contributed by atoms with van der Waals surface area (Å²) < 4.78 is 28.3. The van der Waals surface area contributed by atoms with E-state index in [2.05, 4.69) is 36.1 Å². The van der Waals surface area contributed by atoms with Crippen molar-refractivity contribution in [2.45, 2.75) is 45.6 Å². The first-order chi connectivity index (χ1) is 13.5. The predicted octanol–water partition coefficient (Wildman–Crippen LogP) is 6.67. The van der Waals surface area contributed by atoms with Gasteiger partial charge in [-0.25, -0.2) is 8.78 Å². The maximum atomic E-state index is 14.3. The van der Waals surface area contributed by atoms with Crippen molar-refractivity contribution >= 4 is 11.4 Å². The molecule has 3 aromatic carbocycles. The Morgan fingerprint density at radius 1 is 0.893 bits per heavy atom. The Kier molecular flexibility index (Phi) is 5.17. The van der Waals surface area contributed by atoms with Gasteiger partial charge >= 0.3 is 0 Å². The standard InChI is InChI=1S/C25H25F2N/c1-17-4-11-22(12-5-17)28-23(13-8-19-6-3-18(2)15-24(19)27)14-9-20-7-10-21(26)16-25(20)28/h3-7,10-12,15-16,23H,8-9,13-14H2,1-2H3. The first kappa shape index (κ1) is 18.7. The van der Waals surface area contributed by atoms with E-state index in [1.807, 2.05) is 25.1 Å². The fraction of sp³-hybridized carbons (Fsp3) is 0.280. The number of halogens is 2. The fourth-order valence-electron chi connectivity index (χ4n) is 4.13. The fourth-order valence-corrected chi connectivity index (χ4v) is 4.13. The topological polar surface area (TPSA) is 3.24 Å². The second-order valence-electron chi connectivity index (χ2n) is 7.80. The van der Waals surface area contributed by atoms with Crippen LogP contribution in [0.25, 0.3) is 0 Å². The lowest BCUT2D eigenvalue weighted by Crippen LogP contribution is -2.36. The van der Waals surface area contributed by atoms with Gasteiger partial charge in [0.1, 0.15) is 11.6 Å². The van der Waals surface area contributed by atoms with Gasteiger partial charge in [0, 0.05) is 17.4 Å². The molecule has 0 fully saturated rings. The molecule has 4 rings (SSSR count). The Morgan fingerprint density at radius 3 is 2.39 bits per heavy atom. The highest BCUT2D eigenvalue weighted by Gasteiger charge is 2.28. The van der Waals surface area contributed by atoms with E-state index in [1.54, 1.807) is 12.1 Å². The number of anilines is 2. The molecule has 0 amide bonds. The summed E-state index contributed by atoms with van der Waals surface area (Å²) in [7, 11) is 0. The largest absolute Gasteiger partial charge is 0.338 e. The number of rotatable bonds is 4. The van der Waals surface area contributed by atoms with Gasteiger partial charge < -0.3 is 4.90 Å². The lowest BCUT2D eigenvalue weighted by molar-refractivity contribution is 0.523. The average molecular weight is 377 g/mol. The van der Waals surface area contributed by atoms with Gasteiger partial charge in [0.15, 0.2) is 0 Å². The van der Waals surface area contributed by atoms with Crippen molar-refractivity contribution in [3.8, 4) is 0 Å². The monoisotopic (exact) mass is 377 g/mol. The highest BCUT2D eigenvalue weighted by atomic mass is 19.1. The van der Waals surface area contributed by atoms with Crippen molar-refractivity contribution in [3.63, 3.8) is 0 Å². The zero-order valence-electron chi connectivity index (χ0n) is 16.4. The molecule has 0 saturated carbocycles. The molecular weight excluding hydrogens is 352 g/mol. The molecule has 1 unspecified atom stereocenters. The maximum absolute atomic E-state index is 14.3. The Bertz CT molecular complexity index is 978. The van der Waals surface area contributed by atoms with Crippen LogP contribution in [0, 0.1) is 25.5 Å². The quantitative estimate of drug-likeness (QED) is 0.491. The summed E-state index contributed by atoms with van der Waals surface area (Å²) in [4.78, 5) is 2.24. The molecule has 0 N–H and O–H groups in total. The number of aryl methyl sites for hydroxylation is 4. The van der Waals surface area contributed by atoms with Gasteiger partial charge in [0.2, 0.25) is 0 Å². The van der Waals surface area contributed by atoms with Gasteiger partial charge in [-0.15, -0.1) is 0 Å². The third-order valence-corrected chi connectivity index (χ3v) is 5.69. The van der Waals surface area contributed by atoms with E-state index in [9.17, 15) is 8.78 Å². The molecule has 1 aliphatic rings. The summed E-state index contributed by atoms with van der Waals surface area (Å²) in [5.41, 5.74) is 6.04. The zero-order chi connectivity index (χ0) is 19.7. The van der Waals surface area contributed by atoms with E-state index < -0.39 is 0 Å². The molecule has 0 bridgehead atoms. The molecule has 144 valence electrons. The number of benzene rings is 3. The first-order valence-corrected chi connectivity index (χ1v) is 9.90. The molecule has 1 nitrogen and oxygen atoms in total. The van der Waals surface area contributed by atoms with Crippen LogP contribution in [-0.4, -0.2) is 6.04 Å². The van der Waals surface area contributed by atoms with Crippen molar-refractivity contribution in [1.29, 1.82) is 0 Å². The van der Waals surface area contributed by atoms with Crippen LogP contribution in [0.15, 0.2) is 60.7 Å². The van der Waals surface area contributed by atoms with Gasteiger partial charge in [-0.1, -0.05) is 35.9 Å². The maximum Gasteiger partial charge on any atom is 0.126 e. The Hall–Kier alpha value is -2.68. The third-order valence-electron chi connectivity index (χ3n) is 5.69. The second kappa shape index (κ2) is 7.75. The molecule has 3 aromatic rings. The molecule has 0 radical (unpaired) electrons. The molecular formula is C25H25F2N. The second-order valence-corrected chi connectivity index (χ2v) is 7.80. The minimum atomic E-state index is -0.221. The lowest BCUT2D eigenvalue weighted by atomic mass is 9.91. The van der Waals surface area contributed by atoms with Crippen LogP contribution in [0.3, 0.4) is 0 Å². The first-order valence-electron chi connectivity index (χ1n) is 9.90. The Morgan fingerprint density at radius 2 is 1.64 bits per heavy atom. The van der Waals surface area contributed by atoms with Crippen LogP contribution in [0.5, 0.6) is 0 Å². The molecule has 1 atom stereocenters. The van der Waals surface area contributed by atoms with Gasteiger partial charge in [-0.2, -0.15) is 0 Å². The van der Waals surface area contributed by atoms with Gasteiger partial charge in [0.05, 0.1) is 0 Å². The minimum absolute atomic E-state index is 0.135. The Labute approximate surface area is 165 Å². The van der Waals surface area contributed by atoms with Crippen molar-refractivity contribution < 1.29 is 8.78 Å². The average Bonchev–Trinajstić information content (AvgIpc) is 2.67. The molecule has 0 aromatic heterocycles. The van der Waals surface area contributed by atoms with Crippen LogP contribution in [0.1, 0.15) is 35.1 Å². The number of nitrogens with zero attached hydrogens (tertiary/aromatic N) is 1. The normalized spacial score (nSPS) is 16.1. The van der Waals surface area contributed by atoms with Crippen molar-refractivity contribution in [3.05, 3.63) is 94.6 Å². The summed E-state index contributed by atoms with van der Waals surface area (Å²) in [5.74, 6) is -0.356. The van der Waals surface area contributed by atoms with Crippen molar-refractivity contribution in [2.24, 2.45) is 0 Å². The van der Waals surface area contributed by atoms with E-state index in [-0.39, 0.29) is 17.7 Å². The van der Waals surface area contributed by atoms with Crippen LogP contribution >= 0.6 is 0 Å². The third kappa shape index (κ3) is 3.80. The summed E-state index contributed by atoms with van der Waals surface area (Å²) in [5, 5.41) is 0. The molecule has 1 aliphatic heterocycles.